The summed E-state index contributed by atoms with van der Waals surface area (Å²) in [5.74, 6) is 0.825. The third-order valence-electron chi connectivity index (χ3n) is 4.85. The normalized spacial score (nSPS) is 19.2. The molecule has 4 nitrogen and oxygen atoms in total. The van der Waals surface area contributed by atoms with Crippen LogP contribution in [0.15, 0.2) is 30.3 Å². The molecule has 1 aromatic rings. The fourth-order valence-electron chi connectivity index (χ4n) is 3.43. The summed E-state index contributed by atoms with van der Waals surface area (Å²) in [5.41, 5.74) is 1.37. The van der Waals surface area contributed by atoms with Crippen LogP contribution in [-0.4, -0.2) is 63.9 Å². The molecule has 6 heteroatoms. The smallest absolute Gasteiger partial charge is 0.0594 e. The molecule has 2 fully saturated rings. The zero-order valence-corrected chi connectivity index (χ0v) is 16.0. The minimum Gasteiger partial charge on any atom is -0.379 e. The molecule has 0 amide bonds. The molecule has 0 aromatic heterocycles. The Morgan fingerprint density at radius 1 is 1.04 bits per heavy atom. The molecule has 0 unspecified atom stereocenters. The predicted octanol–water partition coefficient (Wildman–Crippen LogP) is 2.67. The van der Waals surface area contributed by atoms with E-state index >= 15 is 0 Å². The lowest BCUT2D eigenvalue weighted by Crippen LogP contribution is -2.43. The van der Waals surface area contributed by atoms with Crippen LogP contribution in [-0.2, 0) is 4.74 Å². The van der Waals surface area contributed by atoms with Gasteiger partial charge in [-0.25, -0.2) is 0 Å². The Labute approximate surface area is 158 Å². The van der Waals surface area contributed by atoms with E-state index in [1.54, 1.807) is 0 Å². The summed E-state index contributed by atoms with van der Waals surface area (Å²) in [6.45, 7) is 9.74. The van der Waals surface area contributed by atoms with Gasteiger partial charge in [0.1, 0.15) is 0 Å². The highest BCUT2D eigenvalue weighted by Gasteiger charge is 2.18. The largest absolute Gasteiger partial charge is 0.379 e. The summed E-state index contributed by atoms with van der Waals surface area (Å²) in [6.07, 6.45) is 2.61. The van der Waals surface area contributed by atoms with Gasteiger partial charge in [0.2, 0.25) is 0 Å². The van der Waals surface area contributed by atoms with E-state index in [4.69, 9.17) is 4.74 Å². The van der Waals surface area contributed by atoms with Gasteiger partial charge in [-0.2, -0.15) is 0 Å². The van der Waals surface area contributed by atoms with Gasteiger partial charge in [0.05, 0.1) is 13.2 Å². The topological polar surface area (TPSA) is 27.7 Å². The van der Waals surface area contributed by atoms with Gasteiger partial charge in [-0.15, -0.1) is 24.8 Å². The van der Waals surface area contributed by atoms with E-state index in [-0.39, 0.29) is 24.8 Å². The first-order chi connectivity index (χ1) is 10.9. The number of benzene rings is 1. The highest BCUT2D eigenvalue weighted by atomic mass is 35.5. The second kappa shape index (κ2) is 11.9. The van der Waals surface area contributed by atoms with Crippen molar-refractivity contribution in [3.8, 4) is 0 Å². The Morgan fingerprint density at radius 2 is 1.71 bits per heavy atom. The molecule has 0 spiro atoms. The summed E-state index contributed by atoms with van der Waals surface area (Å²) in [6, 6.07) is 10.9. The number of nitrogens with one attached hydrogen (secondary N) is 1. The van der Waals surface area contributed by atoms with Crippen molar-refractivity contribution < 1.29 is 4.74 Å². The van der Waals surface area contributed by atoms with Gasteiger partial charge in [0.25, 0.3) is 0 Å². The summed E-state index contributed by atoms with van der Waals surface area (Å²) in [5, 5.41) is 3.47. The van der Waals surface area contributed by atoms with Crippen molar-refractivity contribution in [2.24, 2.45) is 5.92 Å². The third-order valence-corrected chi connectivity index (χ3v) is 4.85. The highest BCUT2D eigenvalue weighted by molar-refractivity contribution is 5.85. The lowest BCUT2D eigenvalue weighted by molar-refractivity contribution is 0.0391. The van der Waals surface area contributed by atoms with Crippen molar-refractivity contribution >= 4 is 30.5 Å². The molecular weight excluding hydrogens is 345 g/mol. The second-order valence-corrected chi connectivity index (χ2v) is 6.43. The van der Waals surface area contributed by atoms with Crippen molar-refractivity contribution in [2.75, 3.05) is 63.9 Å². The van der Waals surface area contributed by atoms with E-state index in [0.29, 0.717) is 0 Å². The lowest BCUT2D eigenvalue weighted by atomic mass is 9.97. The number of piperidine rings is 1. The number of nitrogens with zero attached hydrogens (tertiary/aromatic N) is 2. The van der Waals surface area contributed by atoms with Crippen molar-refractivity contribution in [3.63, 3.8) is 0 Å². The standard InChI is InChI=1S/C18H29N3O.2ClH/c1-2-4-18(5-3-1)21(16-17-6-8-19-9-7-17)11-10-20-12-14-22-15-13-20;;/h1-5,17,19H,6-16H2;2*1H. The van der Waals surface area contributed by atoms with Gasteiger partial charge in [-0.1, -0.05) is 18.2 Å². The first kappa shape index (κ1) is 21.5. The lowest BCUT2D eigenvalue weighted by Gasteiger charge is -2.34. The molecule has 0 radical (unpaired) electrons. The van der Waals surface area contributed by atoms with Crippen LogP contribution in [0.3, 0.4) is 0 Å². The summed E-state index contributed by atoms with van der Waals surface area (Å²) in [4.78, 5) is 5.12. The number of hydrogen-bond acceptors (Lipinski definition) is 4. The third kappa shape index (κ3) is 6.77. The quantitative estimate of drug-likeness (QED) is 0.826. The molecule has 3 rings (SSSR count). The van der Waals surface area contributed by atoms with Crippen molar-refractivity contribution in [2.45, 2.75) is 12.8 Å². The first-order valence-electron chi connectivity index (χ1n) is 8.72. The maximum atomic E-state index is 5.45. The van der Waals surface area contributed by atoms with Gasteiger partial charge in [-0.05, 0) is 44.0 Å². The summed E-state index contributed by atoms with van der Waals surface area (Å²) >= 11 is 0. The highest BCUT2D eigenvalue weighted by Crippen LogP contribution is 2.19. The fourth-order valence-corrected chi connectivity index (χ4v) is 3.43. The molecule has 2 heterocycles. The molecule has 138 valence electrons. The van der Waals surface area contributed by atoms with Gasteiger partial charge in [-0.3, -0.25) is 4.90 Å². The average Bonchev–Trinajstić information content (AvgIpc) is 2.61. The number of para-hydroxylation sites is 1. The van der Waals surface area contributed by atoms with E-state index in [1.165, 1.54) is 38.2 Å². The first-order valence-corrected chi connectivity index (χ1v) is 8.72. The second-order valence-electron chi connectivity index (χ2n) is 6.43. The van der Waals surface area contributed by atoms with E-state index in [2.05, 4.69) is 45.4 Å². The van der Waals surface area contributed by atoms with Crippen LogP contribution in [0.4, 0.5) is 5.69 Å². The van der Waals surface area contributed by atoms with E-state index < -0.39 is 0 Å². The van der Waals surface area contributed by atoms with Crippen LogP contribution < -0.4 is 10.2 Å². The molecule has 1 aromatic carbocycles. The van der Waals surface area contributed by atoms with Crippen LogP contribution in [0.2, 0.25) is 0 Å². The van der Waals surface area contributed by atoms with Crippen molar-refractivity contribution in [1.29, 1.82) is 0 Å². The van der Waals surface area contributed by atoms with Crippen LogP contribution >= 0.6 is 24.8 Å². The SMILES string of the molecule is Cl.Cl.c1ccc(N(CCN2CCOCC2)CC2CCNCC2)cc1. The van der Waals surface area contributed by atoms with E-state index in [1.807, 2.05) is 0 Å². The number of hydrogen-bond donors (Lipinski definition) is 1. The number of ether oxygens (including phenoxy) is 1. The maximum Gasteiger partial charge on any atom is 0.0594 e. The zero-order chi connectivity index (χ0) is 15.0. The number of morpholine rings is 1. The Morgan fingerprint density at radius 3 is 2.38 bits per heavy atom. The van der Waals surface area contributed by atoms with Crippen LogP contribution in [0, 0.1) is 5.92 Å². The molecule has 2 saturated heterocycles. The van der Waals surface area contributed by atoms with Crippen LogP contribution in [0.25, 0.3) is 0 Å². The van der Waals surface area contributed by atoms with Crippen LogP contribution in [0.5, 0.6) is 0 Å². The molecule has 0 atom stereocenters. The van der Waals surface area contributed by atoms with Crippen molar-refractivity contribution in [1.82, 2.24) is 10.2 Å². The molecule has 0 saturated carbocycles. The Hall–Kier alpha value is -0.520. The minimum absolute atomic E-state index is 0. The molecule has 2 aliphatic heterocycles. The molecule has 0 aliphatic carbocycles. The summed E-state index contributed by atoms with van der Waals surface area (Å²) in [7, 11) is 0. The molecule has 2 aliphatic rings. The Kier molecular flexibility index (Phi) is 10.7. The zero-order valence-electron chi connectivity index (χ0n) is 14.4. The van der Waals surface area contributed by atoms with E-state index in [0.717, 1.165) is 45.3 Å². The number of anilines is 1. The predicted molar refractivity (Wildman–Crippen MR) is 106 cm³/mol. The Balaban J connectivity index is 0.00000144. The van der Waals surface area contributed by atoms with E-state index in [9.17, 15) is 0 Å². The number of rotatable bonds is 6. The maximum absolute atomic E-state index is 5.45. The van der Waals surface area contributed by atoms with Crippen LogP contribution in [0.1, 0.15) is 12.8 Å². The van der Waals surface area contributed by atoms with Gasteiger partial charge < -0.3 is 15.0 Å². The molecular formula is C18H31Cl2N3O. The Bertz CT molecular complexity index is 424. The monoisotopic (exact) mass is 375 g/mol. The molecule has 1 N–H and O–H groups in total. The van der Waals surface area contributed by atoms with Gasteiger partial charge in [0, 0.05) is 38.4 Å². The minimum atomic E-state index is 0. The number of halogens is 2. The average molecular weight is 376 g/mol. The molecule has 24 heavy (non-hydrogen) atoms. The molecule has 0 bridgehead atoms. The van der Waals surface area contributed by atoms with Gasteiger partial charge >= 0.3 is 0 Å². The summed E-state index contributed by atoms with van der Waals surface area (Å²) < 4.78 is 5.45. The van der Waals surface area contributed by atoms with Gasteiger partial charge in [0.15, 0.2) is 0 Å². The van der Waals surface area contributed by atoms with Crippen molar-refractivity contribution in [3.05, 3.63) is 30.3 Å². The fraction of sp³-hybridized carbons (Fsp3) is 0.667.